The van der Waals surface area contributed by atoms with Gasteiger partial charge >= 0.3 is 0 Å². The maximum atomic E-state index is 12.9. The maximum absolute atomic E-state index is 12.9. The van der Waals surface area contributed by atoms with E-state index < -0.39 is 0 Å². The minimum absolute atomic E-state index is 0.0409. The van der Waals surface area contributed by atoms with Crippen LogP contribution < -0.4 is 10.3 Å². The fourth-order valence-corrected chi connectivity index (χ4v) is 3.28. The molecule has 0 amide bonds. The molecule has 29 heavy (non-hydrogen) atoms. The third-order valence-corrected chi connectivity index (χ3v) is 4.92. The molecule has 0 fully saturated rings. The highest BCUT2D eigenvalue weighted by Gasteiger charge is 2.13. The summed E-state index contributed by atoms with van der Waals surface area (Å²) in [4.78, 5) is 17.5. The molecule has 152 valence electrons. The van der Waals surface area contributed by atoms with E-state index >= 15 is 0 Å². The fourth-order valence-electron chi connectivity index (χ4n) is 2.68. The zero-order chi connectivity index (χ0) is 21.2. The molecule has 0 N–H and O–H groups in total. The van der Waals surface area contributed by atoms with Crippen molar-refractivity contribution in [3.8, 4) is 5.75 Å². The van der Waals surface area contributed by atoms with Crippen LogP contribution in [0.1, 0.15) is 39.1 Å². The number of nitrogens with zero attached hydrogens (tertiary/aromatic N) is 3. The monoisotopic (exact) mass is 475 g/mol. The van der Waals surface area contributed by atoms with Crippen LogP contribution in [0.15, 0.2) is 50.8 Å². The molecule has 3 rings (SSSR count). The number of halogens is 2. The van der Waals surface area contributed by atoms with E-state index in [-0.39, 0.29) is 11.0 Å². The molecule has 0 saturated heterocycles. The average Bonchev–Trinajstić information content (AvgIpc) is 2.66. The first-order valence-electron chi connectivity index (χ1n) is 9.36. The molecule has 1 heterocycles. The van der Waals surface area contributed by atoms with Crippen LogP contribution in [0.3, 0.4) is 0 Å². The van der Waals surface area contributed by atoms with Gasteiger partial charge in [-0.05, 0) is 47.4 Å². The minimum atomic E-state index is -0.208. The Morgan fingerprint density at radius 1 is 1.24 bits per heavy atom. The Morgan fingerprint density at radius 2 is 2.00 bits per heavy atom. The van der Waals surface area contributed by atoms with Crippen LogP contribution in [0.25, 0.3) is 10.9 Å². The molecule has 0 aliphatic heterocycles. The zero-order valence-corrected chi connectivity index (χ0v) is 19.2. The van der Waals surface area contributed by atoms with Gasteiger partial charge in [-0.25, -0.2) is 4.98 Å². The predicted molar refractivity (Wildman–Crippen MR) is 122 cm³/mol. The second kappa shape index (κ2) is 8.67. The van der Waals surface area contributed by atoms with Crippen molar-refractivity contribution >= 4 is 44.6 Å². The molecule has 0 aliphatic carbocycles. The van der Waals surface area contributed by atoms with Gasteiger partial charge in [0.05, 0.1) is 28.7 Å². The lowest BCUT2D eigenvalue weighted by Gasteiger charge is -2.19. The molecule has 0 saturated carbocycles. The number of rotatable bonds is 5. The van der Waals surface area contributed by atoms with Crippen molar-refractivity contribution < 1.29 is 4.74 Å². The van der Waals surface area contributed by atoms with Crippen molar-refractivity contribution in [2.45, 2.75) is 34.1 Å². The lowest BCUT2D eigenvalue weighted by Crippen LogP contribution is -2.22. The van der Waals surface area contributed by atoms with Crippen LogP contribution in [0.5, 0.6) is 5.75 Å². The summed E-state index contributed by atoms with van der Waals surface area (Å²) in [7, 11) is 0. The summed E-state index contributed by atoms with van der Waals surface area (Å²) in [5.74, 6) is 1.22. The van der Waals surface area contributed by atoms with Crippen LogP contribution in [0, 0.1) is 5.41 Å². The first-order chi connectivity index (χ1) is 13.7. The average molecular weight is 477 g/mol. The molecule has 0 bridgehead atoms. The van der Waals surface area contributed by atoms with E-state index in [1.807, 2.05) is 31.2 Å². The van der Waals surface area contributed by atoms with Gasteiger partial charge in [0.25, 0.3) is 5.56 Å². The van der Waals surface area contributed by atoms with E-state index in [1.165, 1.54) is 4.68 Å². The Labute approximate surface area is 183 Å². The van der Waals surface area contributed by atoms with Gasteiger partial charge in [0, 0.05) is 10.9 Å². The van der Waals surface area contributed by atoms with Crippen molar-refractivity contribution in [2.75, 3.05) is 6.61 Å². The van der Waals surface area contributed by atoms with Crippen LogP contribution in [-0.2, 0) is 6.42 Å². The molecule has 0 atom stereocenters. The number of aryl methyl sites for hydroxylation is 1. The molecule has 0 aliphatic rings. The molecule has 0 spiro atoms. The summed E-state index contributed by atoms with van der Waals surface area (Å²) >= 11 is 9.75. The number of ether oxygens (including phenoxy) is 1. The summed E-state index contributed by atoms with van der Waals surface area (Å²) < 4.78 is 7.95. The minimum Gasteiger partial charge on any atom is -0.491 e. The second-order valence-electron chi connectivity index (χ2n) is 7.94. The summed E-state index contributed by atoms with van der Waals surface area (Å²) in [5.41, 5.74) is 1.26. The molecule has 3 aromatic rings. The fraction of sp³-hybridized carbons (Fsp3) is 0.318. The Kier molecular flexibility index (Phi) is 6.44. The summed E-state index contributed by atoms with van der Waals surface area (Å²) in [6.45, 7) is 8.80. The van der Waals surface area contributed by atoms with Gasteiger partial charge in [-0.3, -0.25) is 4.79 Å². The third kappa shape index (κ3) is 5.25. The first-order valence-corrected chi connectivity index (χ1v) is 10.5. The van der Waals surface area contributed by atoms with Crippen LogP contribution >= 0.6 is 27.5 Å². The smallest absolute Gasteiger partial charge is 0.282 e. The highest BCUT2D eigenvalue weighted by Crippen LogP contribution is 2.27. The first kappa shape index (κ1) is 21.5. The van der Waals surface area contributed by atoms with Gasteiger partial charge < -0.3 is 4.74 Å². The molecule has 7 heteroatoms. The molecule has 1 aromatic heterocycles. The molecular formula is C22H23BrClN3O2. The lowest BCUT2D eigenvalue weighted by atomic mass is 9.99. The van der Waals surface area contributed by atoms with Gasteiger partial charge in [-0.15, -0.1) is 0 Å². The molecule has 5 nitrogen and oxygen atoms in total. The van der Waals surface area contributed by atoms with E-state index in [1.54, 1.807) is 18.3 Å². The number of fused-ring (bicyclic) bond motifs is 1. The Morgan fingerprint density at radius 3 is 2.66 bits per heavy atom. The largest absolute Gasteiger partial charge is 0.491 e. The summed E-state index contributed by atoms with van der Waals surface area (Å²) in [5, 5.41) is 5.40. The van der Waals surface area contributed by atoms with Crippen molar-refractivity contribution in [1.82, 2.24) is 9.66 Å². The number of hydrogen-bond acceptors (Lipinski definition) is 4. The molecule has 0 unspecified atom stereocenters. The van der Waals surface area contributed by atoms with E-state index in [9.17, 15) is 4.79 Å². The molecule has 2 aromatic carbocycles. The molecule has 0 radical (unpaired) electrons. The van der Waals surface area contributed by atoms with Gasteiger partial charge in [0.1, 0.15) is 11.6 Å². The Bertz CT molecular complexity index is 1130. The van der Waals surface area contributed by atoms with Crippen molar-refractivity contribution in [3.63, 3.8) is 0 Å². The highest BCUT2D eigenvalue weighted by molar-refractivity contribution is 9.10. The maximum Gasteiger partial charge on any atom is 0.282 e. The number of aromatic nitrogens is 2. The van der Waals surface area contributed by atoms with Crippen LogP contribution in [-0.4, -0.2) is 22.5 Å². The van der Waals surface area contributed by atoms with E-state index in [0.29, 0.717) is 40.5 Å². The quantitative estimate of drug-likeness (QED) is 0.445. The van der Waals surface area contributed by atoms with Gasteiger partial charge in [0.15, 0.2) is 0 Å². The van der Waals surface area contributed by atoms with Crippen LogP contribution in [0.4, 0.5) is 0 Å². The highest BCUT2D eigenvalue weighted by atomic mass is 79.9. The summed E-state index contributed by atoms with van der Waals surface area (Å²) in [6.07, 6.45) is 2.18. The zero-order valence-electron chi connectivity index (χ0n) is 16.9. The SMILES string of the molecule is CCc1nc2ccc(Br)cc2c(=O)n1N=Cc1ccc(OCC(C)(C)C)c(Cl)c1. The van der Waals surface area contributed by atoms with Gasteiger partial charge in [-0.2, -0.15) is 9.78 Å². The third-order valence-electron chi connectivity index (χ3n) is 4.13. The second-order valence-corrected chi connectivity index (χ2v) is 9.27. The molecular weight excluding hydrogens is 454 g/mol. The number of hydrogen-bond donors (Lipinski definition) is 0. The van der Waals surface area contributed by atoms with Crippen molar-refractivity contribution in [2.24, 2.45) is 10.5 Å². The van der Waals surface area contributed by atoms with Crippen LogP contribution in [0.2, 0.25) is 5.02 Å². The topological polar surface area (TPSA) is 56.5 Å². The Hall–Kier alpha value is -2.18. The van der Waals surface area contributed by atoms with E-state index in [0.717, 1.165) is 10.0 Å². The lowest BCUT2D eigenvalue weighted by molar-refractivity contribution is 0.198. The number of benzene rings is 2. The van der Waals surface area contributed by atoms with Crippen molar-refractivity contribution in [3.05, 3.63) is 67.6 Å². The summed E-state index contributed by atoms with van der Waals surface area (Å²) in [6, 6.07) is 10.9. The van der Waals surface area contributed by atoms with E-state index in [2.05, 4.69) is 46.8 Å². The van der Waals surface area contributed by atoms with E-state index in [4.69, 9.17) is 16.3 Å². The predicted octanol–water partition coefficient (Wildman–Crippen LogP) is 5.68. The van der Waals surface area contributed by atoms with Gasteiger partial charge in [0.2, 0.25) is 0 Å². The Balaban J connectivity index is 1.93. The van der Waals surface area contributed by atoms with Gasteiger partial charge in [-0.1, -0.05) is 55.2 Å². The van der Waals surface area contributed by atoms with Crippen molar-refractivity contribution in [1.29, 1.82) is 0 Å². The standard InChI is InChI=1S/C22H23BrClN3O2/c1-5-20-26-18-8-7-15(23)11-16(18)21(28)27(20)25-12-14-6-9-19(17(24)10-14)29-13-22(2,3)4/h6-12H,5,13H2,1-4H3. The normalized spacial score (nSPS) is 12.1.